The van der Waals surface area contributed by atoms with Crippen LogP contribution in [0, 0.1) is 0 Å². The summed E-state index contributed by atoms with van der Waals surface area (Å²) in [6.45, 7) is 4.78. The molecular weight excluding hydrogens is 743 g/mol. The van der Waals surface area contributed by atoms with Crippen LogP contribution in [0.15, 0.2) is 48.6 Å². The van der Waals surface area contributed by atoms with Gasteiger partial charge < -0.3 is 20.3 Å². The number of allylic oxidation sites excluding steroid dienone is 7. The number of ether oxygens (including phenoxy) is 1. The van der Waals surface area contributed by atoms with Crippen LogP contribution < -0.4 is 5.32 Å². The SMILES string of the molecule is CCCCC/C=C\C/C=C\CCCCCCCCCC(=O)OCCCCCC/C=C\CCCC(=O)NC(CO)C(O)/C=C/CCCCCCCCCCCCCCCCC. The van der Waals surface area contributed by atoms with E-state index in [0.29, 0.717) is 19.4 Å². The Balaban J connectivity index is 3.59. The van der Waals surface area contributed by atoms with Crippen molar-refractivity contribution in [3.8, 4) is 0 Å². The van der Waals surface area contributed by atoms with Gasteiger partial charge >= 0.3 is 5.97 Å². The zero-order valence-corrected chi connectivity index (χ0v) is 39.7. The number of hydrogen-bond donors (Lipinski definition) is 3. The van der Waals surface area contributed by atoms with E-state index in [0.717, 1.165) is 77.0 Å². The molecule has 0 bridgehead atoms. The largest absolute Gasteiger partial charge is 0.466 e. The van der Waals surface area contributed by atoms with Gasteiger partial charge in [-0.2, -0.15) is 0 Å². The third-order valence-corrected chi connectivity index (χ3v) is 11.6. The Hall–Kier alpha value is -2.18. The second-order valence-electron chi connectivity index (χ2n) is 17.5. The van der Waals surface area contributed by atoms with E-state index in [1.807, 2.05) is 6.08 Å². The molecule has 0 aliphatic carbocycles. The van der Waals surface area contributed by atoms with Gasteiger partial charge in [0.25, 0.3) is 0 Å². The fraction of sp³-hybridized carbons (Fsp3) is 0.815. The van der Waals surface area contributed by atoms with Crippen molar-refractivity contribution in [3.05, 3.63) is 48.6 Å². The van der Waals surface area contributed by atoms with Crippen LogP contribution in [-0.2, 0) is 14.3 Å². The highest BCUT2D eigenvalue weighted by Crippen LogP contribution is 2.15. The number of hydrogen-bond acceptors (Lipinski definition) is 5. The highest BCUT2D eigenvalue weighted by Gasteiger charge is 2.17. The number of nitrogens with one attached hydrogen (secondary N) is 1. The summed E-state index contributed by atoms with van der Waals surface area (Å²) in [5.41, 5.74) is 0. The van der Waals surface area contributed by atoms with Crippen molar-refractivity contribution >= 4 is 11.9 Å². The maximum absolute atomic E-state index is 12.4. The highest BCUT2D eigenvalue weighted by molar-refractivity contribution is 5.76. The van der Waals surface area contributed by atoms with Gasteiger partial charge in [-0.05, 0) is 83.5 Å². The minimum absolute atomic E-state index is 0.0464. The van der Waals surface area contributed by atoms with Crippen LogP contribution in [0.1, 0.15) is 258 Å². The molecule has 0 rings (SSSR count). The zero-order chi connectivity index (χ0) is 43.7. The summed E-state index contributed by atoms with van der Waals surface area (Å²) in [4.78, 5) is 24.5. The van der Waals surface area contributed by atoms with Gasteiger partial charge in [0.15, 0.2) is 0 Å². The molecule has 0 aliphatic rings. The van der Waals surface area contributed by atoms with Crippen molar-refractivity contribution in [2.45, 2.75) is 270 Å². The molecule has 2 unspecified atom stereocenters. The van der Waals surface area contributed by atoms with Crippen LogP contribution in [0.3, 0.4) is 0 Å². The van der Waals surface area contributed by atoms with Gasteiger partial charge in [0.05, 0.1) is 25.4 Å². The van der Waals surface area contributed by atoms with E-state index in [2.05, 4.69) is 55.6 Å². The first-order valence-corrected chi connectivity index (χ1v) is 25.9. The number of aliphatic hydroxyl groups excluding tert-OH is 2. The first-order chi connectivity index (χ1) is 29.5. The third kappa shape index (κ3) is 45.3. The lowest BCUT2D eigenvalue weighted by Crippen LogP contribution is -2.45. The molecule has 0 aromatic carbocycles. The molecule has 0 heterocycles. The summed E-state index contributed by atoms with van der Waals surface area (Å²) in [7, 11) is 0. The van der Waals surface area contributed by atoms with Crippen molar-refractivity contribution in [1.82, 2.24) is 5.32 Å². The number of unbranched alkanes of at least 4 members (excludes halogenated alkanes) is 30. The fourth-order valence-corrected chi connectivity index (χ4v) is 7.55. The number of amides is 1. The van der Waals surface area contributed by atoms with Crippen molar-refractivity contribution in [2.75, 3.05) is 13.2 Å². The monoisotopic (exact) mass is 842 g/mol. The maximum atomic E-state index is 12.4. The van der Waals surface area contributed by atoms with Gasteiger partial charge in [-0.15, -0.1) is 0 Å². The van der Waals surface area contributed by atoms with Crippen molar-refractivity contribution in [3.63, 3.8) is 0 Å². The van der Waals surface area contributed by atoms with Gasteiger partial charge in [-0.3, -0.25) is 9.59 Å². The third-order valence-electron chi connectivity index (χ3n) is 11.6. The van der Waals surface area contributed by atoms with E-state index in [9.17, 15) is 19.8 Å². The number of carbonyl (C=O) groups is 2. The first-order valence-electron chi connectivity index (χ1n) is 25.9. The lowest BCUT2D eigenvalue weighted by atomic mass is 10.0. The Kier molecular flexibility index (Phi) is 47.7. The zero-order valence-electron chi connectivity index (χ0n) is 39.7. The van der Waals surface area contributed by atoms with Crippen LogP contribution in [0.5, 0.6) is 0 Å². The van der Waals surface area contributed by atoms with Gasteiger partial charge in [0.1, 0.15) is 0 Å². The molecule has 6 heteroatoms. The Labute approximate surface area is 372 Å². The first kappa shape index (κ1) is 57.8. The normalized spacial score (nSPS) is 13.1. The molecule has 0 fully saturated rings. The summed E-state index contributed by atoms with van der Waals surface area (Å²) < 4.78 is 5.44. The lowest BCUT2D eigenvalue weighted by molar-refractivity contribution is -0.143. The van der Waals surface area contributed by atoms with Crippen LogP contribution in [-0.4, -0.2) is 47.4 Å². The predicted molar refractivity (Wildman–Crippen MR) is 259 cm³/mol. The molecule has 0 spiro atoms. The van der Waals surface area contributed by atoms with Crippen molar-refractivity contribution < 1.29 is 24.5 Å². The molecule has 0 aliphatic heterocycles. The van der Waals surface area contributed by atoms with E-state index in [1.54, 1.807) is 6.08 Å². The molecule has 0 saturated heterocycles. The summed E-state index contributed by atoms with van der Waals surface area (Å²) in [6, 6.07) is -0.667. The van der Waals surface area contributed by atoms with E-state index in [1.165, 1.54) is 154 Å². The molecule has 1 amide bonds. The summed E-state index contributed by atoms with van der Waals surface area (Å²) >= 11 is 0. The average molecular weight is 842 g/mol. The van der Waals surface area contributed by atoms with Gasteiger partial charge in [-0.25, -0.2) is 0 Å². The van der Waals surface area contributed by atoms with Crippen LogP contribution in [0.4, 0.5) is 0 Å². The van der Waals surface area contributed by atoms with E-state index < -0.39 is 12.1 Å². The number of carbonyl (C=O) groups excluding carboxylic acids is 2. The molecular formula is C54H99NO5. The van der Waals surface area contributed by atoms with Crippen molar-refractivity contribution in [2.24, 2.45) is 0 Å². The van der Waals surface area contributed by atoms with Gasteiger partial charge in [0, 0.05) is 12.8 Å². The topological polar surface area (TPSA) is 95.9 Å². The minimum atomic E-state index is -0.877. The standard InChI is InChI=1S/C54H99NO5/c1-3-5-7-9-11-13-15-17-19-21-23-25-27-30-34-38-42-46-52(57)51(50-56)55-53(58)47-43-39-35-31-29-33-37-41-45-49-60-54(59)48-44-40-36-32-28-26-24-22-20-18-16-14-12-10-8-6-4-2/h12,14,18,20,31,35,42,46,51-52,56-57H,3-11,13,15-17,19,21-30,32-34,36-41,43-45,47-50H2,1-2H3,(H,55,58)/b14-12-,20-18-,35-31-,46-42+. The van der Waals surface area contributed by atoms with Crippen LogP contribution in [0.25, 0.3) is 0 Å². The van der Waals surface area contributed by atoms with Gasteiger partial charge in [0.2, 0.25) is 5.91 Å². The molecule has 60 heavy (non-hydrogen) atoms. The van der Waals surface area contributed by atoms with E-state index >= 15 is 0 Å². The molecule has 3 N–H and O–H groups in total. The molecule has 2 atom stereocenters. The Bertz CT molecular complexity index is 1020. The lowest BCUT2D eigenvalue weighted by Gasteiger charge is -2.19. The van der Waals surface area contributed by atoms with Crippen LogP contribution in [0.2, 0.25) is 0 Å². The molecule has 0 saturated carbocycles. The molecule has 6 nitrogen and oxygen atoms in total. The van der Waals surface area contributed by atoms with E-state index in [4.69, 9.17) is 4.74 Å². The number of esters is 1. The van der Waals surface area contributed by atoms with Crippen molar-refractivity contribution in [1.29, 1.82) is 0 Å². The fourth-order valence-electron chi connectivity index (χ4n) is 7.55. The Morgan fingerprint density at radius 1 is 0.467 bits per heavy atom. The predicted octanol–water partition coefficient (Wildman–Crippen LogP) is 15.5. The smallest absolute Gasteiger partial charge is 0.305 e. The molecule has 350 valence electrons. The second kappa shape index (κ2) is 49.5. The minimum Gasteiger partial charge on any atom is -0.466 e. The quantitative estimate of drug-likeness (QED) is 0.0322. The number of aliphatic hydroxyl groups is 2. The second-order valence-corrected chi connectivity index (χ2v) is 17.5. The Morgan fingerprint density at radius 3 is 1.35 bits per heavy atom. The summed E-state index contributed by atoms with van der Waals surface area (Å²) in [6.07, 6.45) is 61.1. The molecule has 0 aromatic heterocycles. The maximum Gasteiger partial charge on any atom is 0.305 e. The van der Waals surface area contributed by atoms with Gasteiger partial charge in [-0.1, -0.05) is 210 Å². The highest BCUT2D eigenvalue weighted by atomic mass is 16.5. The summed E-state index contributed by atoms with van der Waals surface area (Å²) in [5.74, 6) is -0.176. The molecule has 0 aromatic rings. The molecule has 0 radical (unpaired) electrons. The number of rotatable bonds is 47. The van der Waals surface area contributed by atoms with E-state index in [-0.39, 0.29) is 18.5 Å². The summed E-state index contributed by atoms with van der Waals surface area (Å²) in [5, 5.41) is 23.0. The van der Waals surface area contributed by atoms with Crippen LogP contribution >= 0.6 is 0 Å². The Morgan fingerprint density at radius 2 is 0.850 bits per heavy atom. The average Bonchev–Trinajstić information content (AvgIpc) is 3.25.